The second kappa shape index (κ2) is 8.49. The molecule has 0 aliphatic heterocycles. The van der Waals surface area contributed by atoms with Crippen LogP contribution in [0.25, 0.3) is 0 Å². The molecule has 0 saturated carbocycles. The zero-order valence-corrected chi connectivity index (χ0v) is 14.6. The number of carboxylic acid groups (broad SMARTS) is 1. The molecule has 1 unspecified atom stereocenters. The Kier molecular flexibility index (Phi) is 5.86. The van der Waals surface area contributed by atoms with E-state index in [-0.39, 0.29) is 0 Å². The van der Waals surface area contributed by atoms with E-state index in [1.807, 2.05) is 60.0 Å². The molecule has 0 bridgehead atoms. The summed E-state index contributed by atoms with van der Waals surface area (Å²) in [5.74, 6) is -0.474. The number of ether oxygens (including phenoxy) is 1. The van der Waals surface area contributed by atoms with Crippen molar-refractivity contribution in [3.05, 3.63) is 88.1 Å². The third-order valence-electron chi connectivity index (χ3n) is 4.05. The predicted molar refractivity (Wildman–Crippen MR) is 100 cm³/mol. The van der Waals surface area contributed by atoms with E-state index in [1.54, 1.807) is 0 Å². The van der Waals surface area contributed by atoms with Gasteiger partial charge in [0.05, 0.1) is 12.5 Å². The third-order valence-corrected chi connectivity index (χ3v) is 5.04. The fraction of sp³-hybridized carbons (Fsp3) is 0.190. The van der Waals surface area contributed by atoms with Crippen LogP contribution in [0.2, 0.25) is 0 Å². The van der Waals surface area contributed by atoms with Crippen LogP contribution < -0.4 is 4.74 Å². The van der Waals surface area contributed by atoms with Crippen molar-refractivity contribution in [3.8, 4) is 5.75 Å². The minimum Gasteiger partial charge on any atom is -0.493 e. The van der Waals surface area contributed by atoms with E-state index in [1.165, 1.54) is 16.9 Å². The van der Waals surface area contributed by atoms with Crippen molar-refractivity contribution in [2.45, 2.75) is 18.8 Å². The van der Waals surface area contributed by atoms with Crippen molar-refractivity contribution in [3.63, 3.8) is 0 Å². The Morgan fingerprint density at radius 1 is 0.960 bits per heavy atom. The van der Waals surface area contributed by atoms with Crippen LogP contribution >= 0.6 is 11.3 Å². The zero-order chi connectivity index (χ0) is 17.5. The Bertz CT molecular complexity index is 780. The Hall–Kier alpha value is -2.59. The van der Waals surface area contributed by atoms with E-state index in [0.29, 0.717) is 13.0 Å². The number of hydrogen-bond donors (Lipinski definition) is 1. The maximum Gasteiger partial charge on any atom is 0.312 e. The highest BCUT2D eigenvalue weighted by molar-refractivity contribution is 7.10. The number of aliphatic carboxylic acids is 1. The van der Waals surface area contributed by atoms with E-state index in [0.717, 1.165) is 22.6 Å². The number of thiophene rings is 1. The molecule has 1 aromatic heterocycles. The van der Waals surface area contributed by atoms with Crippen LogP contribution in [0.1, 0.15) is 21.9 Å². The van der Waals surface area contributed by atoms with E-state index in [4.69, 9.17) is 4.74 Å². The average molecular weight is 352 g/mol. The smallest absolute Gasteiger partial charge is 0.312 e. The van der Waals surface area contributed by atoms with Crippen molar-refractivity contribution >= 4 is 17.3 Å². The molecule has 0 fully saturated rings. The molecule has 0 radical (unpaired) electrons. The Balaban J connectivity index is 1.55. The van der Waals surface area contributed by atoms with Crippen LogP contribution in [0.15, 0.2) is 72.1 Å². The van der Waals surface area contributed by atoms with Gasteiger partial charge in [-0.2, -0.15) is 0 Å². The molecule has 128 valence electrons. The van der Waals surface area contributed by atoms with Gasteiger partial charge in [-0.3, -0.25) is 4.79 Å². The van der Waals surface area contributed by atoms with Crippen LogP contribution in [0.5, 0.6) is 5.75 Å². The highest BCUT2D eigenvalue weighted by atomic mass is 32.1. The number of rotatable bonds is 8. The number of carbonyl (C=O) groups is 1. The lowest BCUT2D eigenvalue weighted by atomic mass is 9.98. The van der Waals surface area contributed by atoms with Crippen molar-refractivity contribution in [1.29, 1.82) is 0 Å². The average Bonchev–Trinajstić information content (AvgIpc) is 3.16. The van der Waals surface area contributed by atoms with Crippen molar-refractivity contribution in [1.82, 2.24) is 0 Å². The van der Waals surface area contributed by atoms with E-state index < -0.39 is 11.9 Å². The molecule has 0 aliphatic rings. The molecule has 0 spiro atoms. The highest BCUT2D eigenvalue weighted by Crippen LogP contribution is 2.26. The van der Waals surface area contributed by atoms with Crippen LogP contribution in [0.4, 0.5) is 0 Å². The standard InChI is InChI=1S/C21H20O3S/c22-21(23)19(20-7-4-14-25-20)15-17-8-10-18(11-9-17)24-13-12-16-5-2-1-3-6-16/h1-11,14,19H,12-13,15H2,(H,22,23). The molecular weight excluding hydrogens is 332 g/mol. The van der Waals surface area contributed by atoms with Crippen LogP contribution in [-0.4, -0.2) is 17.7 Å². The number of benzene rings is 2. The second-order valence-electron chi connectivity index (χ2n) is 5.84. The first kappa shape index (κ1) is 17.2. The van der Waals surface area contributed by atoms with Crippen molar-refractivity contribution < 1.29 is 14.6 Å². The van der Waals surface area contributed by atoms with Gasteiger partial charge in [0.25, 0.3) is 0 Å². The Morgan fingerprint density at radius 3 is 2.36 bits per heavy atom. The summed E-state index contributed by atoms with van der Waals surface area (Å²) in [5, 5.41) is 11.4. The monoisotopic (exact) mass is 352 g/mol. The van der Waals surface area contributed by atoms with Crippen LogP contribution in [0.3, 0.4) is 0 Å². The summed E-state index contributed by atoms with van der Waals surface area (Å²) in [6.07, 6.45) is 1.35. The van der Waals surface area contributed by atoms with E-state index in [2.05, 4.69) is 12.1 Å². The van der Waals surface area contributed by atoms with Gasteiger partial charge in [-0.15, -0.1) is 11.3 Å². The first-order chi connectivity index (χ1) is 12.2. The van der Waals surface area contributed by atoms with Gasteiger partial charge in [-0.25, -0.2) is 0 Å². The first-order valence-corrected chi connectivity index (χ1v) is 9.12. The summed E-state index contributed by atoms with van der Waals surface area (Å²) in [6.45, 7) is 0.621. The summed E-state index contributed by atoms with van der Waals surface area (Å²) in [5.41, 5.74) is 2.25. The lowest BCUT2D eigenvalue weighted by molar-refractivity contribution is -0.138. The molecule has 0 aliphatic carbocycles. The molecular formula is C21H20O3S. The second-order valence-corrected chi connectivity index (χ2v) is 6.82. The van der Waals surface area contributed by atoms with Gasteiger partial charge in [0.2, 0.25) is 0 Å². The lowest BCUT2D eigenvalue weighted by Crippen LogP contribution is -2.13. The minimum absolute atomic E-state index is 0.486. The molecule has 2 aromatic carbocycles. The lowest BCUT2D eigenvalue weighted by Gasteiger charge is -2.11. The predicted octanol–water partition coefficient (Wildman–Crippen LogP) is 4.78. The van der Waals surface area contributed by atoms with Gasteiger partial charge in [0, 0.05) is 11.3 Å². The molecule has 4 heteroatoms. The fourth-order valence-electron chi connectivity index (χ4n) is 2.69. The topological polar surface area (TPSA) is 46.5 Å². The van der Waals surface area contributed by atoms with E-state index >= 15 is 0 Å². The molecule has 25 heavy (non-hydrogen) atoms. The third kappa shape index (κ3) is 4.94. The summed E-state index contributed by atoms with van der Waals surface area (Å²) < 4.78 is 5.78. The van der Waals surface area contributed by atoms with Crippen LogP contribution in [0, 0.1) is 0 Å². The van der Waals surface area contributed by atoms with Gasteiger partial charge in [-0.1, -0.05) is 48.5 Å². The molecule has 0 amide bonds. The van der Waals surface area contributed by atoms with E-state index in [9.17, 15) is 9.90 Å². The highest BCUT2D eigenvalue weighted by Gasteiger charge is 2.21. The molecule has 1 heterocycles. The fourth-order valence-corrected chi connectivity index (χ4v) is 3.51. The molecule has 1 atom stereocenters. The summed E-state index contributed by atoms with van der Waals surface area (Å²) in [4.78, 5) is 12.4. The first-order valence-electron chi connectivity index (χ1n) is 8.24. The van der Waals surface area contributed by atoms with Gasteiger partial charge >= 0.3 is 5.97 Å². The summed E-state index contributed by atoms with van der Waals surface area (Å²) >= 11 is 1.49. The quantitative estimate of drug-likeness (QED) is 0.634. The SMILES string of the molecule is O=C(O)C(Cc1ccc(OCCc2ccccc2)cc1)c1cccs1. The molecule has 0 saturated heterocycles. The normalized spacial score (nSPS) is 11.8. The molecule has 3 rings (SSSR count). The Morgan fingerprint density at radius 2 is 1.72 bits per heavy atom. The van der Waals surface area contributed by atoms with Crippen molar-refractivity contribution in [2.75, 3.05) is 6.61 Å². The minimum atomic E-state index is -0.786. The number of carboxylic acids is 1. The van der Waals surface area contributed by atoms with Gasteiger partial charge in [0.15, 0.2) is 0 Å². The van der Waals surface area contributed by atoms with Gasteiger partial charge in [-0.05, 0) is 41.1 Å². The summed E-state index contributed by atoms with van der Waals surface area (Å²) in [7, 11) is 0. The van der Waals surface area contributed by atoms with Crippen molar-refractivity contribution in [2.24, 2.45) is 0 Å². The largest absolute Gasteiger partial charge is 0.493 e. The maximum absolute atomic E-state index is 11.5. The van der Waals surface area contributed by atoms with Gasteiger partial charge < -0.3 is 9.84 Å². The molecule has 1 N–H and O–H groups in total. The summed E-state index contributed by atoms with van der Waals surface area (Å²) in [6, 6.07) is 21.7. The zero-order valence-electron chi connectivity index (χ0n) is 13.8. The number of hydrogen-bond acceptors (Lipinski definition) is 3. The molecule has 3 aromatic rings. The van der Waals surface area contributed by atoms with Crippen LogP contribution in [-0.2, 0) is 17.6 Å². The van der Waals surface area contributed by atoms with Gasteiger partial charge in [0.1, 0.15) is 5.75 Å². The maximum atomic E-state index is 11.5. The molecule has 3 nitrogen and oxygen atoms in total. The Labute approximate surface area is 151 Å².